The number of rotatable bonds is 15. The van der Waals surface area contributed by atoms with E-state index in [9.17, 15) is 14.4 Å². The van der Waals surface area contributed by atoms with Crippen LogP contribution in [0.2, 0.25) is 0 Å². The third-order valence-corrected chi connectivity index (χ3v) is 11.0. The first kappa shape index (κ1) is 36.9. The number of piperidine rings is 1. The predicted octanol–water partition coefficient (Wildman–Crippen LogP) is 5.41. The van der Waals surface area contributed by atoms with E-state index in [1.807, 2.05) is 35.2 Å². The average molecular weight is 725 g/mol. The van der Waals surface area contributed by atoms with E-state index in [-0.39, 0.29) is 48.3 Å². The van der Waals surface area contributed by atoms with Gasteiger partial charge in [0.1, 0.15) is 17.5 Å². The molecule has 2 amide bonds. The molecule has 0 aromatic heterocycles. The molecule has 11 heteroatoms. The van der Waals surface area contributed by atoms with Gasteiger partial charge in [0.25, 0.3) is 5.91 Å². The van der Waals surface area contributed by atoms with Crippen molar-refractivity contribution in [3.63, 3.8) is 0 Å². The molecule has 3 atom stereocenters. The molecule has 4 aliphatic rings. The number of fused-ring (bicyclic) bond motifs is 1. The highest BCUT2D eigenvalue weighted by Gasteiger charge is 2.41. The molecule has 3 aliphatic heterocycles. The lowest BCUT2D eigenvalue weighted by Crippen LogP contribution is -2.47. The van der Waals surface area contributed by atoms with Gasteiger partial charge in [0, 0.05) is 45.1 Å². The maximum atomic E-state index is 14.6. The molecule has 1 unspecified atom stereocenters. The second-order valence-corrected chi connectivity index (χ2v) is 14.5. The normalized spacial score (nSPS) is 21.5. The molecule has 0 spiro atoms. The number of amides is 2. The van der Waals surface area contributed by atoms with Crippen molar-refractivity contribution >= 4 is 29.2 Å². The smallest absolute Gasteiger partial charge is 0.323 e. The average Bonchev–Trinajstić information content (AvgIpc) is 3.92. The lowest BCUT2D eigenvalue weighted by molar-refractivity contribution is -0.145. The van der Waals surface area contributed by atoms with Gasteiger partial charge in [0.2, 0.25) is 5.91 Å². The number of anilines is 2. The van der Waals surface area contributed by atoms with Crippen LogP contribution >= 0.6 is 0 Å². The van der Waals surface area contributed by atoms with E-state index >= 15 is 0 Å². The van der Waals surface area contributed by atoms with Crippen molar-refractivity contribution < 1.29 is 33.3 Å². The van der Waals surface area contributed by atoms with Crippen LogP contribution in [0.5, 0.6) is 11.5 Å². The van der Waals surface area contributed by atoms with Gasteiger partial charge in [0.05, 0.1) is 25.3 Å². The minimum absolute atomic E-state index is 0.0111. The third-order valence-electron chi connectivity index (χ3n) is 11.0. The molecule has 7 rings (SSSR count). The highest BCUT2D eigenvalue weighted by molar-refractivity contribution is 6.01. The Morgan fingerprint density at radius 1 is 0.925 bits per heavy atom. The zero-order valence-corrected chi connectivity index (χ0v) is 31.0. The number of likely N-dealkylation sites (tertiary alicyclic amines) is 1. The van der Waals surface area contributed by atoms with Gasteiger partial charge in [0.15, 0.2) is 6.61 Å². The van der Waals surface area contributed by atoms with E-state index in [1.165, 1.54) is 12.7 Å². The van der Waals surface area contributed by atoms with Gasteiger partial charge in [-0.05, 0) is 111 Å². The highest BCUT2D eigenvalue weighted by atomic mass is 16.5. The fraction of sp³-hybridized carbons (Fsp3) is 0.500. The maximum Gasteiger partial charge on any atom is 0.323 e. The first-order valence-electron chi connectivity index (χ1n) is 19.2. The van der Waals surface area contributed by atoms with Gasteiger partial charge in [-0.1, -0.05) is 36.4 Å². The van der Waals surface area contributed by atoms with Crippen LogP contribution in [0.3, 0.4) is 0 Å². The van der Waals surface area contributed by atoms with Gasteiger partial charge < -0.3 is 34.1 Å². The van der Waals surface area contributed by atoms with Crippen LogP contribution in [0.4, 0.5) is 11.4 Å². The first-order valence-corrected chi connectivity index (χ1v) is 19.2. The number of esters is 1. The zero-order valence-electron chi connectivity index (χ0n) is 31.0. The summed E-state index contributed by atoms with van der Waals surface area (Å²) < 4.78 is 22.0. The Bertz CT molecular complexity index is 1750. The van der Waals surface area contributed by atoms with Crippen LogP contribution in [0.25, 0.3) is 11.1 Å². The number of hydrogen-bond donors (Lipinski definition) is 1. The Morgan fingerprint density at radius 2 is 1.75 bits per heavy atom. The first-order chi connectivity index (χ1) is 25.9. The summed E-state index contributed by atoms with van der Waals surface area (Å²) in [7, 11) is 3.11. The third kappa shape index (κ3) is 8.53. The lowest BCUT2D eigenvalue weighted by Gasteiger charge is -2.36. The monoisotopic (exact) mass is 724 g/mol. The van der Waals surface area contributed by atoms with Crippen molar-refractivity contribution in [3.05, 3.63) is 72.3 Å². The fourth-order valence-corrected chi connectivity index (χ4v) is 8.15. The number of methoxy groups -OCH3 is 2. The summed E-state index contributed by atoms with van der Waals surface area (Å²) in [6.45, 7) is 4.86. The van der Waals surface area contributed by atoms with Crippen molar-refractivity contribution in [1.82, 2.24) is 10.2 Å². The molecule has 1 N–H and O–H groups in total. The molecular weight excluding hydrogens is 672 g/mol. The summed E-state index contributed by atoms with van der Waals surface area (Å²) in [4.78, 5) is 45.5. The van der Waals surface area contributed by atoms with Crippen molar-refractivity contribution in [3.8, 4) is 22.6 Å². The second kappa shape index (κ2) is 17.1. The highest BCUT2D eigenvalue weighted by Crippen LogP contribution is 2.42. The van der Waals surface area contributed by atoms with Gasteiger partial charge in [-0.2, -0.15) is 0 Å². The van der Waals surface area contributed by atoms with Crippen LogP contribution < -0.4 is 24.6 Å². The van der Waals surface area contributed by atoms with Gasteiger partial charge in [-0.25, -0.2) is 0 Å². The minimum atomic E-state index is -0.231. The summed E-state index contributed by atoms with van der Waals surface area (Å²) >= 11 is 0. The van der Waals surface area contributed by atoms with Crippen molar-refractivity contribution in [2.45, 2.75) is 62.9 Å². The summed E-state index contributed by atoms with van der Waals surface area (Å²) in [5, 5.41) is 3.50. The van der Waals surface area contributed by atoms with Gasteiger partial charge >= 0.3 is 5.97 Å². The topological polar surface area (TPSA) is 110 Å². The molecule has 3 heterocycles. The molecule has 282 valence electrons. The van der Waals surface area contributed by atoms with Crippen LogP contribution in [0.1, 0.15) is 56.4 Å². The summed E-state index contributed by atoms with van der Waals surface area (Å²) in [6, 6.07) is 22.6. The quantitative estimate of drug-likeness (QED) is 0.163. The molecule has 3 fully saturated rings. The number of carbonyl (C=O) groups excluding carboxylic acids is 3. The maximum absolute atomic E-state index is 14.6. The molecule has 3 aromatic carbocycles. The van der Waals surface area contributed by atoms with Crippen LogP contribution in [-0.4, -0.2) is 102 Å². The summed E-state index contributed by atoms with van der Waals surface area (Å²) in [5.41, 5.74) is 4.89. The van der Waals surface area contributed by atoms with Crippen LogP contribution in [-0.2, 0) is 23.9 Å². The Hall–Kier alpha value is -4.45. The molecule has 2 saturated heterocycles. The molecule has 53 heavy (non-hydrogen) atoms. The van der Waals surface area contributed by atoms with Crippen LogP contribution in [0.15, 0.2) is 66.7 Å². The number of hydrogen-bond acceptors (Lipinski definition) is 9. The Morgan fingerprint density at radius 3 is 2.55 bits per heavy atom. The Balaban J connectivity index is 1.02. The molecule has 0 bridgehead atoms. The summed E-state index contributed by atoms with van der Waals surface area (Å²) in [6.07, 6.45) is 6.20. The van der Waals surface area contributed by atoms with Crippen molar-refractivity contribution in [2.24, 2.45) is 5.92 Å². The van der Waals surface area contributed by atoms with E-state index in [0.717, 1.165) is 80.7 Å². The second-order valence-electron chi connectivity index (χ2n) is 14.5. The van der Waals surface area contributed by atoms with Crippen molar-refractivity contribution in [1.29, 1.82) is 0 Å². The van der Waals surface area contributed by atoms with E-state index in [1.54, 1.807) is 12.0 Å². The number of nitrogens with one attached hydrogen (secondary N) is 1. The van der Waals surface area contributed by atoms with Gasteiger partial charge in [-0.3, -0.25) is 19.3 Å². The van der Waals surface area contributed by atoms with Gasteiger partial charge in [-0.15, -0.1) is 0 Å². The SMILES string of the molecule is COCCCN1C(=O)COc2ccc(N(C(=O)[C@H]3CNCC[C@@H]3c3cccc(-c4ccc(OCCCN5CCCC5C(=O)OC)cc4)c3)C3CC3)cc21. The molecular formula is C42H52N4O7. The van der Waals surface area contributed by atoms with E-state index in [4.69, 9.17) is 18.9 Å². The van der Waals surface area contributed by atoms with E-state index in [2.05, 4.69) is 46.6 Å². The van der Waals surface area contributed by atoms with E-state index < -0.39 is 0 Å². The molecule has 1 aliphatic carbocycles. The zero-order chi connectivity index (χ0) is 36.7. The summed E-state index contributed by atoms with van der Waals surface area (Å²) in [5.74, 6) is 1.20. The van der Waals surface area contributed by atoms with Crippen LogP contribution in [0, 0.1) is 5.92 Å². The number of benzene rings is 3. The molecule has 0 radical (unpaired) electrons. The molecule has 3 aromatic rings. The Kier molecular flexibility index (Phi) is 11.9. The minimum Gasteiger partial charge on any atom is -0.494 e. The largest absolute Gasteiger partial charge is 0.494 e. The lowest BCUT2D eigenvalue weighted by atomic mass is 9.79. The predicted molar refractivity (Wildman–Crippen MR) is 204 cm³/mol. The van der Waals surface area contributed by atoms with Crippen molar-refractivity contribution in [2.75, 3.05) is 76.6 Å². The number of ether oxygens (including phenoxy) is 4. The molecule has 1 saturated carbocycles. The Labute approximate surface area is 312 Å². The van der Waals surface area contributed by atoms with E-state index in [0.29, 0.717) is 44.2 Å². The fourth-order valence-electron chi connectivity index (χ4n) is 8.15. The standard InChI is InChI=1S/C42H52N4O7/c1-50-23-6-22-45-38-26-33(14-17-39(38)53-28-40(45)47)46(32-12-13-32)41(48)36-27-43-19-18-35(36)31-8-3-7-30(25-31)29-10-15-34(16-11-29)52-24-5-21-44-20-4-9-37(44)42(49)51-2/h3,7-8,10-11,14-17,25-26,32,35-37,43H,4-6,9,12-13,18-24,27-28H2,1-2H3/t35-,36+,37?/m1/s1. The molecule has 11 nitrogen and oxygen atoms in total. The number of carbonyl (C=O) groups is 3. The number of nitrogens with zero attached hydrogens (tertiary/aromatic N) is 3.